The summed E-state index contributed by atoms with van der Waals surface area (Å²) >= 11 is 0. The summed E-state index contributed by atoms with van der Waals surface area (Å²) in [5.41, 5.74) is 2.91. The molecule has 2 aromatic rings. The van der Waals surface area contributed by atoms with E-state index in [-0.39, 0.29) is 6.54 Å². The van der Waals surface area contributed by atoms with E-state index in [1.54, 1.807) is 6.07 Å². The molecular weight excluding hydrogens is 230 g/mol. The Balaban J connectivity index is 2.14. The van der Waals surface area contributed by atoms with Crippen LogP contribution in [0, 0.1) is 6.92 Å². The van der Waals surface area contributed by atoms with E-state index in [1.807, 2.05) is 37.3 Å². The van der Waals surface area contributed by atoms with Crippen molar-refractivity contribution in [2.45, 2.75) is 6.92 Å². The topological polar surface area (TPSA) is 75.1 Å². The van der Waals surface area contributed by atoms with Crippen LogP contribution in [0.15, 0.2) is 36.4 Å². The Morgan fingerprint density at radius 1 is 1.28 bits per heavy atom. The summed E-state index contributed by atoms with van der Waals surface area (Å²) in [6.07, 6.45) is 0. The van der Waals surface area contributed by atoms with Crippen molar-refractivity contribution < 1.29 is 9.90 Å². The molecule has 0 saturated heterocycles. The van der Waals surface area contributed by atoms with Gasteiger partial charge in [-0.2, -0.15) is 0 Å². The molecule has 0 spiro atoms. The van der Waals surface area contributed by atoms with Crippen LogP contribution in [0.1, 0.15) is 5.56 Å². The van der Waals surface area contributed by atoms with Crippen molar-refractivity contribution in [3.63, 3.8) is 0 Å². The van der Waals surface area contributed by atoms with E-state index in [4.69, 9.17) is 5.11 Å². The highest BCUT2D eigenvalue weighted by Crippen LogP contribution is 2.17. The van der Waals surface area contributed by atoms with Crippen molar-refractivity contribution in [1.82, 2.24) is 10.2 Å². The third-order valence-electron chi connectivity index (χ3n) is 2.40. The Morgan fingerprint density at radius 2 is 2.11 bits per heavy atom. The van der Waals surface area contributed by atoms with Crippen LogP contribution in [0.5, 0.6) is 0 Å². The SMILES string of the molecule is Cc1cccc(-c2ccc(NCC(=O)O)nn2)c1. The van der Waals surface area contributed by atoms with Crippen LogP contribution < -0.4 is 5.32 Å². The number of carboxylic acid groups (broad SMARTS) is 1. The standard InChI is InChI=1S/C13H13N3O2/c1-9-3-2-4-10(7-9)11-5-6-12(16-15-11)14-8-13(17)18/h2-7H,8H2,1H3,(H,14,16)(H,17,18). The number of benzene rings is 1. The van der Waals surface area contributed by atoms with E-state index in [1.165, 1.54) is 0 Å². The zero-order valence-electron chi connectivity index (χ0n) is 9.92. The van der Waals surface area contributed by atoms with Gasteiger partial charge in [-0.05, 0) is 25.1 Å². The summed E-state index contributed by atoms with van der Waals surface area (Å²) in [5, 5.41) is 19.2. The Kier molecular flexibility index (Phi) is 3.52. The van der Waals surface area contributed by atoms with E-state index in [9.17, 15) is 4.79 Å². The number of aryl methyl sites for hydroxylation is 1. The number of aliphatic carboxylic acids is 1. The highest BCUT2D eigenvalue weighted by molar-refractivity contribution is 5.72. The minimum atomic E-state index is -0.931. The first-order chi connectivity index (χ1) is 8.65. The summed E-state index contributed by atoms with van der Waals surface area (Å²) < 4.78 is 0. The summed E-state index contributed by atoms with van der Waals surface area (Å²) in [6.45, 7) is 1.85. The highest BCUT2D eigenvalue weighted by atomic mass is 16.4. The first-order valence-electron chi connectivity index (χ1n) is 5.51. The smallest absolute Gasteiger partial charge is 0.322 e. The molecule has 0 unspecified atom stereocenters. The van der Waals surface area contributed by atoms with Gasteiger partial charge in [-0.1, -0.05) is 23.8 Å². The van der Waals surface area contributed by atoms with Gasteiger partial charge >= 0.3 is 5.97 Å². The minimum absolute atomic E-state index is 0.168. The molecule has 5 nitrogen and oxygen atoms in total. The summed E-state index contributed by atoms with van der Waals surface area (Å²) in [7, 11) is 0. The fourth-order valence-corrected chi connectivity index (χ4v) is 1.55. The van der Waals surface area contributed by atoms with Gasteiger partial charge in [0.15, 0.2) is 0 Å². The molecule has 1 aromatic carbocycles. The number of hydrogen-bond acceptors (Lipinski definition) is 4. The van der Waals surface area contributed by atoms with Gasteiger partial charge in [0.25, 0.3) is 0 Å². The predicted molar refractivity (Wildman–Crippen MR) is 68.3 cm³/mol. The van der Waals surface area contributed by atoms with Gasteiger partial charge in [0.05, 0.1) is 5.69 Å². The lowest BCUT2D eigenvalue weighted by molar-refractivity contribution is -0.134. The fourth-order valence-electron chi connectivity index (χ4n) is 1.55. The molecule has 0 amide bonds. The Morgan fingerprint density at radius 3 is 2.72 bits per heavy atom. The van der Waals surface area contributed by atoms with Crippen molar-refractivity contribution >= 4 is 11.8 Å². The number of anilines is 1. The molecule has 1 heterocycles. The van der Waals surface area contributed by atoms with E-state index in [0.717, 1.165) is 16.8 Å². The summed E-state index contributed by atoms with van der Waals surface area (Å²) in [6, 6.07) is 11.5. The Labute approximate surface area is 104 Å². The molecule has 2 N–H and O–H groups in total. The van der Waals surface area contributed by atoms with E-state index in [0.29, 0.717) is 5.82 Å². The van der Waals surface area contributed by atoms with Crippen LogP contribution in [0.2, 0.25) is 0 Å². The number of carbonyl (C=O) groups is 1. The molecule has 0 aliphatic rings. The molecular formula is C13H13N3O2. The molecule has 0 bridgehead atoms. The van der Waals surface area contributed by atoms with Gasteiger partial charge in [0.1, 0.15) is 12.4 Å². The fraction of sp³-hybridized carbons (Fsp3) is 0.154. The van der Waals surface area contributed by atoms with E-state index < -0.39 is 5.97 Å². The maximum Gasteiger partial charge on any atom is 0.322 e. The van der Waals surface area contributed by atoms with Crippen LogP contribution in [-0.4, -0.2) is 27.8 Å². The van der Waals surface area contributed by atoms with Crippen LogP contribution >= 0.6 is 0 Å². The zero-order chi connectivity index (χ0) is 13.0. The lowest BCUT2D eigenvalue weighted by atomic mass is 10.1. The van der Waals surface area contributed by atoms with Crippen molar-refractivity contribution in [3.8, 4) is 11.3 Å². The largest absolute Gasteiger partial charge is 0.480 e. The van der Waals surface area contributed by atoms with Crippen molar-refractivity contribution in [1.29, 1.82) is 0 Å². The second-order valence-electron chi connectivity index (χ2n) is 3.92. The third-order valence-corrected chi connectivity index (χ3v) is 2.40. The molecule has 0 aliphatic carbocycles. The molecule has 0 saturated carbocycles. The maximum absolute atomic E-state index is 10.4. The predicted octanol–water partition coefficient (Wildman–Crippen LogP) is 1.95. The molecule has 0 radical (unpaired) electrons. The van der Waals surface area contributed by atoms with Gasteiger partial charge in [-0.15, -0.1) is 10.2 Å². The number of nitrogens with zero attached hydrogens (tertiary/aromatic N) is 2. The van der Waals surface area contributed by atoms with Gasteiger partial charge in [0, 0.05) is 5.56 Å². The summed E-state index contributed by atoms with van der Waals surface area (Å²) in [4.78, 5) is 10.4. The monoisotopic (exact) mass is 243 g/mol. The van der Waals surface area contributed by atoms with Crippen LogP contribution in [-0.2, 0) is 4.79 Å². The number of hydrogen-bond donors (Lipinski definition) is 2. The molecule has 0 aliphatic heterocycles. The second-order valence-corrected chi connectivity index (χ2v) is 3.92. The highest BCUT2D eigenvalue weighted by Gasteiger charge is 2.02. The summed E-state index contributed by atoms with van der Waals surface area (Å²) in [5.74, 6) is -0.478. The lowest BCUT2D eigenvalue weighted by Gasteiger charge is -2.04. The van der Waals surface area contributed by atoms with Crippen molar-refractivity contribution in [2.75, 3.05) is 11.9 Å². The maximum atomic E-state index is 10.4. The van der Waals surface area contributed by atoms with Crippen LogP contribution in [0.3, 0.4) is 0 Å². The van der Waals surface area contributed by atoms with Crippen molar-refractivity contribution in [2.24, 2.45) is 0 Å². The Hall–Kier alpha value is -2.43. The quantitative estimate of drug-likeness (QED) is 0.858. The average molecular weight is 243 g/mol. The molecule has 1 aromatic heterocycles. The molecule has 5 heteroatoms. The van der Waals surface area contributed by atoms with Gasteiger partial charge in [0.2, 0.25) is 0 Å². The molecule has 92 valence electrons. The molecule has 2 rings (SSSR count). The van der Waals surface area contributed by atoms with Crippen LogP contribution in [0.25, 0.3) is 11.3 Å². The van der Waals surface area contributed by atoms with E-state index in [2.05, 4.69) is 15.5 Å². The first kappa shape index (κ1) is 12.0. The van der Waals surface area contributed by atoms with E-state index >= 15 is 0 Å². The van der Waals surface area contributed by atoms with Crippen molar-refractivity contribution in [3.05, 3.63) is 42.0 Å². The Bertz CT molecular complexity index is 552. The normalized spacial score (nSPS) is 10.1. The number of nitrogens with one attached hydrogen (secondary N) is 1. The molecule has 18 heavy (non-hydrogen) atoms. The number of rotatable bonds is 4. The molecule has 0 atom stereocenters. The third kappa shape index (κ3) is 3.04. The zero-order valence-corrected chi connectivity index (χ0v) is 9.92. The molecule has 0 fully saturated rings. The minimum Gasteiger partial charge on any atom is -0.480 e. The van der Waals surface area contributed by atoms with Gasteiger partial charge < -0.3 is 10.4 Å². The van der Waals surface area contributed by atoms with Gasteiger partial charge in [-0.25, -0.2) is 0 Å². The average Bonchev–Trinajstić information content (AvgIpc) is 2.37. The van der Waals surface area contributed by atoms with Gasteiger partial charge in [-0.3, -0.25) is 4.79 Å². The van der Waals surface area contributed by atoms with Crippen LogP contribution in [0.4, 0.5) is 5.82 Å². The second kappa shape index (κ2) is 5.27. The number of carboxylic acids is 1. The first-order valence-corrected chi connectivity index (χ1v) is 5.51. The number of aromatic nitrogens is 2. The lowest BCUT2D eigenvalue weighted by Crippen LogP contribution is -2.13.